The van der Waals surface area contributed by atoms with Gasteiger partial charge in [-0.1, -0.05) is 17.3 Å². The Balaban J connectivity index is 2.50. The van der Waals surface area contributed by atoms with Gasteiger partial charge in [0.25, 0.3) is 0 Å². The smallest absolute Gasteiger partial charge is 0.358 e. The maximum absolute atomic E-state index is 13.7. The number of carboxylic acids is 1. The largest absolute Gasteiger partial charge is 0.476 e. The number of benzene rings is 1. The van der Waals surface area contributed by atoms with Gasteiger partial charge in [-0.05, 0) is 18.6 Å². The lowest BCUT2D eigenvalue weighted by molar-refractivity contribution is 0.0690. The number of aromatic nitrogens is 3. The molecule has 0 amide bonds. The number of carbonyl (C=O) groups is 1. The van der Waals surface area contributed by atoms with Crippen molar-refractivity contribution in [1.29, 1.82) is 0 Å². The molecule has 2 aromatic rings. The highest BCUT2D eigenvalue weighted by atomic mass is 19.1. The van der Waals surface area contributed by atoms with E-state index in [0.717, 1.165) is 4.68 Å². The number of aryl methyl sites for hydroxylation is 1. The molecule has 1 aromatic carbocycles. The average Bonchev–Trinajstić information content (AvgIpc) is 2.71. The van der Waals surface area contributed by atoms with Crippen LogP contribution in [0.1, 0.15) is 16.1 Å². The predicted octanol–water partition coefficient (Wildman–Crippen LogP) is 1.41. The second kappa shape index (κ2) is 3.73. The molecule has 6 heteroatoms. The minimum absolute atomic E-state index is 0.181. The van der Waals surface area contributed by atoms with Gasteiger partial charge in [-0.3, -0.25) is 0 Å². The van der Waals surface area contributed by atoms with Crippen LogP contribution in [0.4, 0.5) is 4.39 Å². The van der Waals surface area contributed by atoms with Gasteiger partial charge >= 0.3 is 5.97 Å². The summed E-state index contributed by atoms with van der Waals surface area (Å²) in [6.07, 6.45) is 1.17. The summed E-state index contributed by atoms with van der Waals surface area (Å²) in [4.78, 5) is 10.6. The molecule has 0 aliphatic heterocycles. The summed E-state index contributed by atoms with van der Waals surface area (Å²) in [7, 11) is 0. The Morgan fingerprint density at radius 3 is 2.88 bits per heavy atom. The molecule has 16 heavy (non-hydrogen) atoms. The van der Waals surface area contributed by atoms with E-state index in [2.05, 4.69) is 10.3 Å². The number of nitrogens with zero attached hydrogens (tertiary/aromatic N) is 3. The minimum Gasteiger partial charge on any atom is -0.476 e. The monoisotopic (exact) mass is 221 g/mol. The third kappa shape index (κ3) is 1.65. The molecule has 0 aliphatic rings. The minimum atomic E-state index is -1.20. The molecule has 82 valence electrons. The van der Waals surface area contributed by atoms with Crippen molar-refractivity contribution in [3.05, 3.63) is 41.5 Å². The van der Waals surface area contributed by atoms with Crippen molar-refractivity contribution in [2.24, 2.45) is 0 Å². The zero-order valence-corrected chi connectivity index (χ0v) is 8.38. The Morgan fingerprint density at radius 2 is 2.25 bits per heavy atom. The molecule has 1 aromatic heterocycles. The van der Waals surface area contributed by atoms with Crippen LogP contribution in [-0.2, 0) is 0 Å². The van der Waals surface area contributed by atoms with Crippen LogP contribution in [0, 0.1) is 12.7 Å². The lowest BCUT2D eigenvalue weighted by Crippen LogP contribution is -2.00. The van der Waals surface area contributed by atoms with Gasteiger partial charge in [0.15, 0.2) is 11.5 Å². The van der Waals surface area contributed by atoms with Gasteiger partial charge in [0.2, 0.25) is 0 Å². The molecule has 1 heterocycles. The first-order valence-corrected chi connectivity index (χ1v) is 4.50. The molecule has 0 atom stereocenters. The van der Waals surface area contributed by atoms with E-state index in [1.54, 1.807) is 19.1 Å². The van der Waals surface area contributed by atoms with E-state index < -0.39 is 11.8 Å². The van der Waals surface area contributed by atoms with Crippen LogP contribution in [0.15, 0.2) is 24.4 Å². The summed E-state index contributed by atoms with van der Waals surface area (Å²) in [5.41, 5.74) is 0.422. The van der Waals surface area contributed by atoms with Gasteiger partial charge in [0, 0.05) is 0 Å². The Bertz CT molecular complexity index is 551. The van der Waals surface area contributed by atoms with Crippen LogP contribution in [0.2, 0.25) is 0 Å². The number of rotatable bonds is 2. The summed E-state index contributed by atoms with van der Waals surface area (Å²) in [6, 6.07) is 4.78. The molecule has 0 saturated carbocycles. The molecule has 5 nitrogen and oxygen atoms in total. The number of hydrogen-bond acceptors (Lipinski definition) is 3. The first-order valence-electron chi connectivity index (χ1n) is 4.50. The third-order valence-electron chi connectivity index (χ3n) is 2.13. The van der Waals surface area contributed by atoms with E-state index in [0.29, 0.717) is 5.56 Å². The first kappa shape index (κ1) is 10.3. The summed E-state index contributed by atoms with van der Waals surface area (Å²) in [5.74, 6) is -1.64. The molecule has 2 rings (SSSR count). The van der Waals surface area contributed by atoms with E-state index in [1.165, 1.54) is 12.3 Å². The highest BCUT2D eigenvalue weighted by Gasteiger charge is 2.12. The molecule has 0 fully saturated rings. The SMILES string of the molecule is Cc1cccc(-n2cc(C(=O)O)nn2)c1F. The zero-order valence-electron chi connectivity index (χ0n) is 8.38. The second-order valence-electron chi connectivity index (χ2n) is 3.26. The van der Waals surface area contributed by atoms with Crippen molar-refractivity contribution in [2.75, 3.05) is 0 Å². The van der Waals surface area contributed by atoms with Crippen LogP contribution in [0.25, 0.3) is 5.69 Å². The average molecular weight is 221 g/mol. The van der Waals surface area contributed by atoms with E-state index in [9.17, 15) is 9.18 Å². The topological polar surface area (TPSA) is 68.0 Å². The Kier molecular flexibility index (Phi) is 2.40. The molecular weight excluding hydrogens is 213 g/mol. The fourth-order valence-corrected chi connectivity index (χ4v) is 1.29. The number of hydrogen-bond donors (Lipinski definition) is 1. The van der Waals surface area contributed by atoms with Crippen molar-refractivity contribution in [3.63, 3.8) is 0 Å². The Morgan fingerprint density at radius 1 is 1.50 bits per heavy atom. The first-order chi connectivity index (χ1) is 7.59. The summed E-state index contributed by atoms with van der Waals surface area (Å²) >= 11 is 0. The lowest BCUT2D eigenvalue weighted by atomic mass is 10.2. The van der Waals surface area contributed by atoms with Crippen molar-refractivity contribution in [2.45, 2.75) is 6.92 Å². The maximum atomic E-state index is 13.7. The summed E-state index contributed by atoms with van der Waals surface area (Å²) < 4.78 is 14.8. The molecule has 0 aliphatic carbocycles. The predicted molar refractivity (Wildman–Crippen MR) is 53.0 cm³/mol. The normalized spacial score (nSPS) is 10.4. The Labute approximate surface area is 90.1 Å². The fraction of sp³-hybridized carbons (Fsp3) is 0.100. The van der Waals surface area contributed by atoms with E-state index in [1.807, 2.05) is 0 Å². The van der Waals surface area contributed by atoms with Crippen LogP contribution >= 0.6 is 0 Å². The van der Waals surface area contributed by atoms with Crippen LogP contribution in [0.5, 0.6) is 0 Å². The number of halogens is 1. The van der Waals surface area contributed by atoms with Crippen molar-refractivity contribution in [3.8, 4) is 5.69 Å². The van der Waals surface area contributed by atoms with E-state index in [-0.39, 0.29) is 11.4 Å². The summed E-state index contributed by atoms with van der Waals surface area (Å²) in [6.45, 7) is 1.62. The van der Waals surface area contributed by atoms with Crippen molar-refractivity contribution in [1.82, 2.24) is 15.0 Å². The van der Waals surface area contributed by atoms with Gasteiger partial charge in [-0.15, -0.1) is 5.10 Å². The van der Waals surface area contributed by atoms with Gasteiger partial charge in [0.05, 0.1) is 6.20 Å². The molecule has 0 saturated heterocycles. The lowest BCUT2D eigenvalue weighted by Gasteiger charge is -2.03. The van der Waals surface area contributed by atoms with Gasteiger partial charge < -0.3 is 5.11 Å². The summed E-state index contributed by atoms with van der Waals surface area (Å²) in [5, 5.41) is 15.6. The highest BCUT2D eigenvalue weighted by molar-refractivity contribution is 5.84. The van der Waals surface area contributed by atoms with Crippen LogP contribution in [-0.4, -0.2) is 26.1 Å². The number of aromatic carboxylic acids is 1. The van der Waals surface area contributed by atoms with Gasteiger partial charge in [0.1, 0.15) is 5.69 Å². The van der Waals surface area contributed by atoms with Gasteiger partial charge in [-0.2, -0.15) is 0 Å². The van der Waals surface area contributed by atoms with Crippen molar-refractivity contribution >= 4 is 5.97 Å². The van der Waals surface area contributed by atoms with Crippen LogP contribution in [0.3, 0.4) is 0 Å². The van der Waals surface area contributed by atoms with E-state index in [4.69, 9.17) is 5.11 Å². The Hall–Kier alpha value is -2.24. The third-order valence-corrected chi connectivity index (χ3v) is 2.13. The molecule has 0 radical (unpaired) electrons. The van der Waals surface area contributed by atoms with E-state index >= 15 is 0 Å². The molecular formula is C10H8FN3O2. The van der Waals surface area contributed by atoms with Crippen LogP contribution < -0.4 is 0 Å². The molecule has 1 N–H and O–H groups in total. The van der Waals surface area contributed by atoms with Crippen molar-refractivity contribution < 1.29 is 14.3 Å². The molecule has 0 spiro atoms. The fourth-order valence-electron chi connectivity index (χ4n) is 1.29. The molecule has 0 unspecified atom stereocenters. The second-order valence-corrected chi connectivity index (χ2v) is 3.26. The number of carboxylic acid groups (broad SMARTS) is 1. The standard InChI is InChI=1S/C10H8FN3O2/c1-6-3-2-4-8(9(6)11)14-5-7(10(15)16)12-13-14/h2-5H,1H3,(H,15,16). The molecule has 0 bridgehead atoms. The van der Waals surface area contributed by atoms with Gasteiger partial charge in [-0.25, -0.2) is 13.9 Å². The maximum Gasteiger partial charge on any atom is 0.358 e. The quantitative estimate of drug-likeness (QED) is 0.832. The highest BCUT2D eigenvalue weighted by Crippen LogP contribution is 2.15. The zero-order chi connectivity index (χ0) is 11.7.